The molecule has 6 nitrogen and oxygen atoms in total. The molecule has 86 valence electrons. The first-order chi connectivity index (χ1) is 7.69. The summed E-state index contributed by atoms with van der Waals surface area (Å²) in [6.45, 7) is 0. The van der Waals surface area contributed by atoms with E-state index in [0.29, 0.717) is 18.0 Å². The van der Waals surface area contributed by atoms with Gasteiger partial charge in [-0.25, -0.2) is 4.79 Å². The lowest BCUT2D eigenvalue weighted by molar-refractivity contribution is 0.0327. The molecule has 16 heavy (non-hydrogen) atoms. The number of aromatic nitrogens is 2. The molecule has 0 bridgehead atoms. The van der Waals surface area contributed by atoms with E-state index in [4.69, 9.17) is 9.84 Å². The molecular formula is C10H13N3O3. The quantitative estimate of drug-likeness (QED) is 0.784. The summed E-state index contributed by atoms with van der Waals surface area (Å²) in [5.74, 6) is -0.466. The van der Waals surface area contributed by atoms with E-state index < -0.39 is 5.97 Å². The van der Waals surface area contributed by atoms with Gasteiger partial charge in [0.05, 0.1) is 6.10 Å². The van der Waals surface area contributed by atoms with Crippen molar-refractivity contribution in [2.75, 3.05) is 12.4 Å². The zero-order valence-corrected chi connectivity index (χ0v) is 8.88. The van der Waals surface area contributed by atoms with Crippen LogP contribution in [0.4, 0.5) is 5.82 Å². The molecule has 0 unspecified atom stereocenters. The highest BCUT2D eigenvalue weighted by molar-refractivity contribution is 5.85. The molecule has 1 aliphatic carbocycles. The zero-order chi connectivity index (χ0) is 11.5. The second-order valence-corrected chi connectivity index (χ2v) is 3.78. The molecule has 1 heterocycles. The van der Waals surface area contributed by atoms with Gasteiger partial charge < -0.3 is 15.2 Å². The van der Waals surface area contributed by atoms with Gasteiger partial charge in [0.25, 0.3) is 0 Å². The normalized spacial score (nSPS) is 23.6. The summed E-state index contributed by atoms with van der Waals surface area (Å²) in [5.41, 5.74) is -0.0473. The highest BCUT2D eigenvalue weighted by Gasteiger charge is 2.29. The fourth-order valence-corrected chi connectivity index (χ4v) is 1.61. The van der Waals surface area contributed by atoms with Crippen LogP contribution in [0.15, 0.2) is 12.1 Å². The Kier molecular flexibility index (Phi) is 3.00. The number of rotatable bonds is 4. The van der Waals surface area contributed by atoms with Crippen molar-refractivity contribution >= 4 is 11.8 Å². The van der Waals surface area contributed by atoms with E-state index in [0.717, 1.165) is 12.8 Å². The number of carboxylic acids is 1. The van der Waals surface area contributed by atoms with Crippen LogP contribution in [0.1, 0.15) is 23.3 Å². The number of nitrogens with one attached hydrogen (secondary N) is 1. The number of carbonyl (C=O) groups is 1. The van der Waals surface area contributed by atoms with Gasteiger partial charge in [0, 0.05) is 13.2 Å². The van der Waals surface area contributed by atoms with Gasteiger partial charge in [-0.1, -0.05) is 0 Å². The summed E-state index contributed by atoms with van der Waals surface area (Å²) < 4.78 is 5.15. The van der Waals surface area contributed by atoms with Gasteiger partial charge in [-0.05, 0) is 25.0 Å². The van der Waals surface area contributed by atoms with Gasteiger partial charge in [-0.2, -0.15) is 0 Å². The summed E-state index contributed by atoms with van der Waals surface area (Å²) in [7, 11) is 1.70. The lowest BCUT2D eigenvalue weighted by atomic mass is 9.89. The van der Waals surface area contributed by atoms with Crippen molar-refractivity contribution in [2.24, 2.45) is 0 Å². The van der Waals surface area contributed by atoms with Crippen LogP contribution in [0.5, 0.6) is 0 Å². The van der Waals surface area contributed by atoms with E-state index in [1.165, 1.54) is 6.07 Å². The molecule has 0 saturated heterocycles. The van der Waals surface area contributed by atoms with Gasteiger partial charge in [-0.3, -0.25) is 0 Å². The van der Waals surface area contributed by atoms with Gasteiger partial charge >= 0.3 is 5.97 Å². The van der Waals surface area contributed by atoms with E-state index in [1.54, 1.807) is 13.2 Å². The molecule has 1 aromatic heterocycles. The molecule has 1 fully saturated rings. The standard InChI is InChI=1S/C10H13N3O3/c1-16-7-4-6(5-7)11-9-3-2-8(10(14)15)12-13-9/h2-3,6-7H,4-5H2,1H3,(H,11,13)(H,14,15). The summed E-state index contributed by atoms with van der Waals surface area (Å²) >= 11 is 0. The highest BCUT2D eigenvalue weighted by Crippen LogP contribution is 2.25. The van der Waals surface area contributed by atoms with Crippen LogP contribution in [0.3, 0.4) is 0 Å². The number of aromatic carboxylic acids is 1. The second kappa shape index (κ2) is 4.44. The Bertz CT molecular complexity index is 373. The predicted octanol–water partition coefficient (Wildman–Crippen LogP) is 0.764. The summed E-state index contributed by atoms with van der Waals surface area (Å²) in [6.07, 6.45) is 2.21. The monoisotopic (exact) mass is 223 g/mol. The Labute approximate surface area is 92.6 Å². The Balaban J connectivity index is 1.89. The average Bonchev–Trinajstić information content (AvgIpc) is 2.23. The van der Waals surface area contributed by atoms with Crippen molar-refractivity contribution in [3.63, 3.8) is 0 Å². The van der Waals surface area contributed by atoms with E-state index in [1.807, 2.05) is 0 Å². The van der Waals surface area contributed by atoms with Gasteiger partial charge in [0.15, 0.2) is 5.69 Å². The van der Waals surface area contributed by atoms with Crippen molar-refractivity contribution in [1.29, 1.82) is 0 Å². The van der Waals surface area contributed by atoms with E-state index in [2.05, 4.69) is 15.5 Å². The molecule has 1 saturated carbocycles. The third-order valence-electron chi connectivity index (χ3n) is 2.66. The molecule has 2 rings (SSSR count). The lowest BCUT2D eigenvalue weighted by Crippen LogP contribution is -2.40. The minimum Gasteiger partial charge on any atom is -0.476 e. The second-order valence-electron chi connectivity index (χ2n) is 3.78. The largest absolute Gasteiger partial charge is 0.476 e. The molecule has 0 aliphatic heterocycles. The summed E-state index contributed by atoms with van der Waals surface area (Å²) in [4.78, 5) is 10.5. The maximum absolute atomic E-state index is 10.5. The Morgan fingerprint density at radius 3 is 2.75 bits per heavy atom. The fourth-order valence-electron chi connectivity index (χ4n) is 1.61. The topological polar surface area (TPSA) is 84.3 Å². The average molecular weight is 223 g/mol. The molecule has 0 amide bonds. The highest BCUT2D eigenvalue weighted by atomic mass is 16.5. The van der Waals surface area contributed by atoms with Crippen molar-refractivity contribution in [1.82, 2.24) is 10.2 Å². The van der Waals surface area contributed by atoms with Crippen LogP contribution >= 0.6 is 0 Å². The van der Waals surface area contributed by atoms with Crippen LogP contribution < -0.4 is 5.32 Å². The minimum absolute atomic E-state index is 0.0473. The number of anilines is 1. The van der Waals surface area contributed by atoms with Gasteiger partial charge in [0.2, 0.25) is 0 Å². The molecule has 0 atom stereocenters. The van der Waals surface area contributed by atoms with E-state index in [9.17, 15) is 4.79 Å². The van der Waals surface area contributed by atoms with Gasteiger partial charge in [-0.15, -0.1) is 10.2 Å². The van der Waals surface area contributed by atoms with Crippen molar-refractivity contribution in [2.45, 2.75) is 25.0 Å². The SMILES string of the molecule is COC1CC(Nc2ccc(C(=O)O)nn2)C1. The van der Waals surface area contributed by atoms with Gasteiger partial charge in [0.1, 0.15) is 5.82 Å². The van der Waals surface area contributed by atoms with Crippen LogP contribution in [-0.2, 0) is 4.74 Å². The Morgan fingerprint density at radius 1 is 1.50 bits per heavy atom. The molecular weight excluding hydrogens is 210 g/mol. The van der Waals surface area contributed by atoms with E-state index >= 15 is 0 Å². The first kappa shape index (κ1) is 10.8. The third-order valence-corrected chi connectivity index (χ3v) is 2.66. The van der Waals surface area contributed by atoms with Crippen LogP contribution in [0, 0.1) is 0 Å². The minimum atomic E-state index is -1.07. The van der Waals surface area contributed by atoms with E-state index in [-0.39, 0.29) is 5.69 Å². The molecule has 6 heteroatoms. The molecule has 2 N–H and O–H groups in total. The first-order valence-electron chi connectivity index (χ1n) is 5.05. The number of nitrogens with zero attached hydrogens (tertiary/aromatic N) is 2. The maximum Gasteiger partial charge on any atom is 0.356 e. The summed E-state index contributed by atoms with van der Waals surface area (Å²) in [6, 6.07) is 3.40. The van der Waals surface area contributed by atoms with Crippen LogP contribution in [0.25, 0.3) is 0 Å². The number of carboxylic acid groups (broad SMARTS) is 1. The van der Waals surface area contributed by atoms with Crippen LogP contribution in [-0.4, -0.2) is 40.5 Å². The summed E-state index contributed by atoms with van der Waals surface area (Å²) in [5, 5.41) is 19.2. The Hall–Kier alpha value is -1.69. The maximum atomic E-state index is 10.5. The molecule has 0 spiro atoms. The first-order valence-corrected chi connectivity index (χ1v) is 5.05. The number of methoxy groups -OCH3 is 1. The lowest BCUT2D eigenvalue weighted by Gasteiger charge is -2.34. The molecule has 0 radical (unpaired) electrons. The number of ether oxygens (including phenoxy) is 1. The zero-order valence-electron chi connectivity index (χ0n) is 8.88. The molecule has 1 aromatic rings. The smallest absolute Gasteiger partial charge is 0.356 e. The van der Waals surface area contributed by atoms with Crippen molar-refractivity contribution in [3.8, 4) is 0 Å². The molecule has 1 aliphatic rings. The van der Waals surface area contributed by atoms with Crippen molar-refractivity contribution in [3.05, 3.63) is 17.8 Å². The Morgan fingerprint density at radius 2 is 2.25 bits per heavy atom. The van der Waals surface area contributed by atoms with Crippen LogP contribution in [0.2, 0.25) is 0 Å². The third kappa shape index (κ3) is 2.27. The predicted molar refractivity (Wildman–Crippen MR) is 56.4 cm³/mol. The fraction of sp³-hybridized carbons (Fsp3) is 0.500. The number of hydrogen-bond acceptors (Lipinski definition) is 5. The number of hydrogen-bond donors (Lipinski definition) is 2. The van der Waals surface area contributed by atoms with Crippen molar-refractivity contribution < 1.29 is 14.6 Å². The molecule has 0 aromatic carbocycles.